The van der Waals surface area contributed by atoms with Crippen LogP contribution in [0, 0.1) is 5.82 Å². The molecule has 4 nitrogen and oxygen atoms in total. The number of fused-ring (bicyclic) bond motifs is 1. The van der Waals surface area contributed by atoms with Crippen LogP contribution in [-0.2, 0) is 6.54 Å². The topological polar surface area (TPSA) is 44.8 Å². The summed E-state index contributed by atoms with van der Waals surface area (Å²) in [6.07, 6.45) is 5.18. The largest absolute Gasteiger partial charge is 0.305 e. The molecule has 0 saturated heterocycles. The molecule has 2 aromatic heterocycles. The molecular formula is C15H15FN4. The molecule has 0 saturated carbocycles. The minimum atomic E-state index is -0.273. The Morgan fingerprint density at radius 3 is 2.80 bits per heavy atom. The van der Waals surface area contributed by atoms with Crippen molar-refractivity contribution in [2.45, 2.75) is 6.54 Å². The third-order valence-electron chi connectivity index (χ3n) is 3.13. The van der Waals surface area contributed by atoms with Gasteiger partial charge in [-0.15, -0.1) is 0 Å². The Morgan fingerprint density at radius 2 is 2.00 bits per heavy atom. The molecule has 0 aliphatic rings. The van der Waals surface area contributed by atoms with Crippen LogP contribution in [0.1, 0.15) is 5.56 Å². The van der Waals surface area contributed by atoms with Crippen molar-refractivity contribution in [3.8, 4) is 11.1 Å². The SMILES string of the molecule is CN(C)Cc1cncc(-c2cc3cn[nH]c3cc2F)c1. The monoisotopic (exact) mass is 270 g/mol. The fraction of sp³-hybridized carbons (Fsp3) is 0.200. The lowest BCUT2D eigenvalue weighted by atomic mass is 10.0. The summed E-state index contributed by atoms with van der Waals surface area (Å²) in [6, 6.07) is 5.23. The van der Waals surface area contributed by atoms with E-state index in [9.17, 15) is 4.39 Å². The zero-order chi connectivity index (χ0) is 14.1. The van der Waals surface area contributed by atoms with Gasteiger partial charge in [0.2, 0.25) is 0 Å². The Labute approximate surface area is 116 Å². The van der Waals surface area contributed by atoms with Crippen LogP contribution >= 0.6 is 0 Å². The van der Waals surface area contributed by atoms with E-state index in [1.807, 2.05) is 20.2 Å². The average molecular weight is 270 g/mol. The smallest absolute Gasteiger partial charge is 0.133 e. The van der Waals surface area contributed by atoms with Gasteiger partial charge in [0.05, 0.1) is 11.7 Å². The van der Waals surface area contributed by atoms with E-state index in [2.05, 4.69) is 20.1 Å². The van der Waals surface area contributed by atoms with Crippen LogP contribution in [0.4, 0.5) is 4.39 Å². The number of hydrogen-bond donors (Lipinski definition) is 1. The molecular weight excluding hydrogens is 255 g/mol. The van der Waals surface area contributed by atoms with E-state index in [0.29, 0.717) is 11.1 Å². The summed E-state index contributed by atoms with van der Waals surface area (Å²) in [7, 11) is 3.98. The zero-order valence-corrected chi connectivity index (χ0v) is 11.4. The van der Waals surface area contributed by atoms with Crippen LogP contribution < -0.4 is 0 Å². The molecule has 1 N–H and O–H groups in total. The van der Waals surface area contributed by atoms with Crippen LogP contribution in [-0.4, -0.2) is 34.2 Å². The quantitative estimate of drug-likeness (QED) is 0.796. The molecule has 3 rings (SSSR count). The summed E-state index contributed by atoms with van der Waals surface area (Å²) in [6.45, 7) is 0.774. The van der Waals surface area contributed by atoms with Gasteiger partial charge in [-0.25, -0.2) is 4.39 Å². The number of halogens is 1. The summed E-state index contributed by atoms with van der Waals surface area (Å²) >= 11 is 0. The van der Waals surface area contributed by atoms with Crippen LogP contribution in [0.2, 0.25) is 0 Å². The summed E-state index contributed by atoms with van der Waals surface area (Å²) in [5.41, 5.74) is 3.08. The van der Waals surface area contributed by atoms with Crippen molar-refractivity contribution in [1.82, 2.24) is 20.1 Å². The van der Waals surface area contributed by atoms with Crippen molar-refractivity contribution in [1.29, 1.82) is 0 Å². The number of aromatic nitrogens is 3. The number of rotatable bonds is 3. The van der Waals surface area contributed by atoms with Gasteiger partial charge in [-0.1, -0.05) is 0 Å². The standard InChI is InChI=1S/C15H15FN4/c1-20(2)9-10-3-11(7-17-6-10)13-4-12-8-18-19-15(12)5-14(13)16/h3-8H,9H2,1-2H3,(H,18,19). The van der Waals surface area contributed by atoms with Gasteiger partial charge >= 0.3 is 0 Å². The Balaban J connectivity index is 2.07. The van der Waals surface area contributed by atoms with Crippen molar-refractivity contribution >= 4 is 10.9 Å². The van der Waals surface area contributed by atoms with Crippen LogP contribution in [0.5, 0.6) is 0 Å². The molecule has 0 unspecified atom stereocenters. The Kier molecular flexibility index (Phi) is 3.20. The lowest BCUT2D eigenvalue weighted by Crippen LogP contribution is -2.10. The minimum absolute atomic E-state index is 0.273. The summed E-state index contributed by atoms with van der Waals surface area (Å²) < 4.78 is 14.2. The summed E-state index contributed by atoms with van der Waals surface area (Å²) in [5, 5.41) is 7.57. The Hall–Kier alpha value is -2.27. The zero-order valence-electron chi connectivity index (χ0n) is 11.4. The molecule has 0 amide bonds. The van der Waals surface area contributed by atoms with Gasteiger partial charge < -0.3 is 4.90 Å². The maximum absolute atomic E-state index is 14.2. The molecule has 5 heteroatoms. The lowest BCUT2D eigenvalue weighted by Gasteiger charge is -2.11. The normalized spacial score (nSPS) is 11.4. The molecule has 0 fully saturated rings. The van der Waals surface area contributed by atoms with E-state index in [0.717, 1.165) is 23.1 Å². The summed E-state index contributed by atoms with van der Waals surface area (Å²) in [5.74, 6) is -0.273. The Bertz CT molecular complexity index is 748. The molecule has 2 heterocycles. The second-order valence-corrected chi connectivity index (χ2v) is 5.11. The first-order valence-electron chi connectivity index (χ1n) is 6.35. The first-order valence-corrected chi connectivity index (χ1v) is 6.35. The number of benzene rings is 1. The Morgan fingerprint density at radius 1 is 1.15 bits per heavy atom. The van der Waals surface area contributed by atoms with E-state index in [-0.39, 0.29) is 5.82 Å². The molecule has 0 aliphatic heterocycles. The first kappa shape index (κ1) is 12.7. The molecule has 1 aromatic carbocycles. The van der Waals surface area contributed by atoms with Crippen LogP contribution in [0.15, 0.2) is 36.8 Å². The average Bonchev–Trinajstić information content (AvgIpc) is 2.84. The molecule has 20 heavy (non-hydrogen) atoms. The number of pyridine rings is 1. The fourth-order valence-corrected chi connectivity index (χ4v) is 2.27. The van der Waals surface area contributed by atoms with E-state index in [1.165, 1.54) is 6.07 Å². The third kappa shape index (κ3) is 2.40. The van der Waals surface area contributed by atoms with Gasteiger partial charge in [0.25, 0.3) is 0 Å². The van der Waals surface area contributed by atoms with Gasteiger partial charge in [-0.05, 0) is 31.8 Å². The second-order valence-electron chi connectivity index (χ2n) is 5.11. The number of H-pyrrole nitrogens is 1. The molecule has 102 valence electrons. The van der Waals surface area contributed by atoms with Gasteiger partial charge in [0, 0.05) is 41.5 Å². The molecule has 0 bridgehead atoms. The second kappa shape index (κ2) is 5.02. The maximum atomic E-state index is 14.2. The van der Waals surface area contributed by atoms with Crippen molar-refractivity contribution in [3.63, 3.8) is 0 Å². The molecule has 3 aromatic rings. The van der Waals surface area contributed by atoms with Crippen LogP contribution in [0.25, 0.3) is 22.0 Å². The number of aromatic amines is 1. The number of nitrogens with zero attached hydrogens (tertiary/aromatic N) is 3. The van der Waals surface area contributed by atoms with Gasteiger partial charge in [0.1, 0.15) is 5.82 Å². The minimum Gasteiger partial charge on any atom is -0.305 e. The van der Waals surface area contributed by atoms with Crippen LogP contribution in [0.3, 0.4) is 0 Å². The molecule has 0 aliphatic carbocycles. The van der Waals surface area contributed by atoms with Gasteiger partial charge in [-0.3, -0.25) is 10.1 Å². The predicted molar refractivity (Wildman–Crippen MR) is 76.7 cm³/mol. The van der Waals surface area contributed by atoms with E-state index >= 15 is 0 Å². The van der Waals surface area contributed by atoms with E-state index in [1.54, 1.807) is 24.7 Å². The first-order chi connectivity index (χ1) is 9.63. The highest BCUT2D eigenvalue weighted by molar-refractivity contribution is 5.84. The highest BCUT2D eigenvalue weighted by Gasteiger charge is 2.09. The molecule has 0 atom stereocenters. The number of hydrogen-bond acceptors (Lipinski definition) is 3. The highest BCUT2D eigenvalue weighted by Crippen LogP contribution is 2.27. The van der Waals surface area contributed by atoms with Crippen molar-refractivity contribution in [2.24, 2.45) is 0 Å². The predicted octanol–water partition coefficient (Wildman–Crippen LogP) is 2.83. The molecule has 0 spiro atoms. The van der Waals surface area contributed by atoms with Crippen molar-refractivity contribution in [2.75, 3.05) is 14.1 Å². The fourth-order valence-electron chi connectivity index (χ4n) is 2.27. The van der Waals surface area contributed by atoms with E-state index < -0.39 is 0 Å². The van der Waals surface area contributed by atoms with E-state index in [4.69, 9.17) is 0 Å². The summed E-state index contributed by atoms with van der Waals surface area (Å²) in [4.78, 5) is 6.26. The van der Waals surface area contributed by atoms with Crippen molar-refractivity contribution in [3.05, 3.63) is 48.2 Å². The van der Waals surface area contributed by atoms with Gasteiger partial charge in [-0.2, -0.15) is 5.10 Å². The third-order valence-corrected chi connectivity index (χ3v) is 3.13. The van der Waals surface area contributed by atoms with Gasteiger partial charge in [0.15, 0.2) is 0 Å². The maximum Gasteiger partial charge on any atom is 0.133 e. The molecule has 0 radical (unpaired) electrons. The number of nitrogens with one attached hydrogen (secondary N) is 1. The van der Waals surface area contributed by atoms with Crippen molar-refractivity contribution < 1.29 is 4.39 Å². The highest BCUT2D eigenvalue weighted by atomic mass is 19.1. The lowest BCUT2D eigenvalue weighted by molar-refractivity contribution is 0.402.